The van der Waals surface area contributed by atoms with Crippen LogP contribution in [0.1, 0.15) is 42.5 Å². The maximum Gasteiger partial charge on any atom is 0.123 e. The normalized spacial score (nSPS) is 20.7. The molecule has 2 atom stereocenters. The number of hydrogen-bond donors (Lipinski definition) is 1. The molecular formula is C16H24FNO. The van der Waals surface area contributed by atoms with Crippen molar-refractivity contribution in [2.75, 3.05) is 19.8 Å². The van der Waals surface area contributed by atoms with Crippen LogP contribution in [-0.4, -0.2) is 19.8 Å². The molecule has 1 saturated heterocycles. The largest absolute Gasteiger partial charge is 0.381 e. The maximum absolute atomic E-state index is 13.5. The van der Waals surface area contributed by atoms with Gasteiger partial charge in [0.15, 0.2) is 0 Å². The van der Waals surface area contributed by atoms with Crippen LogP contribution in [0.2, 0.25) is 0 Å². The SMILES string of the molecule is CCCNC(c1c(C)cc(F)cc1C)C1CCOC1. The molecule has 2 nitrogen and oxygen atoms in total. The molecule has 1 aromatic carbocycles. The molecule has 0 aromatic heterocycles. The average Bonchev–Trinajstić information content (AvgIpc) is 2.85. The summed E-state index contributed by atoms with van der Waals surface area (Å²) in [5.41, 5.74) is 3.33. The molecule has 0 amide bonds. The second-order valence-electron chi connectivity index (χ2n) is 5.51. The Morgan fingerprint density at radius 3 is 2.58 bits per heavy atom. The number of rotatable bonds is 5. The van der Waals surface area contributed by atoms with Crippen LogP contribution in [0.25, 0.3) is 0 Å². The molecule has 2 unspecified atom stereocenters. The fourth-order valence-corrected chi connectivity index (χ4v) is 3.03. The predicted molar refractivity (Wildman–Crippen MR) is 75.8 cm³/mol. The summed E-state index contributed by atoms with van der Waals surface area (Å²) in [5, 5.41) is 3.63. The van der Waals surface area contributed by atoms with E-state index in [4.69, 9.17) is 4.74 Å². The minimum Gasteiger partial charge on any atom is -0.381 e. The van der Waals surface area contributed by atoms with Gasteiger partial charge in [-0.1, -0.05) is 6.92 Å². The van der Waals surface area contributed by atoms with Gasteiger partial charge in [0.1, 0.15) is 5.82 Å². The van der Waals surface area contributed by atoms with Gasteiger partial charge in [-0.05, 0) is 62.1 Å². The minimum atomic E-state index is -0.143. The number of benzene rings is 1. The summed E-state index contributed by atoms with van der Waals surface area (Å²) in [6, 6.07) is 3.56. The predicted octanol–water partition coefficient (Wildman–Crippen LogP) is 3.52. The van der Waals surface area contributed by atoms with Crippen molar-refractivity contribution in [1.29, 1.82) is 0 Å². The third-order valence-electron chi connectivity index (χ3n) is 3.92. The molecule has 1 heterocycles. The van der Waals surface area contributed by atoms with Crippen LogP contribution in [0.4, 0.5) is 4.39 Å². The van der Waals surface area contributed by atoms with Crippen molar-refractivity contribution >= 4 is 0 Å². The van der Waals surface area contributed by atoms with Gasteiger partial charge in [0.05, 0.1) is 6.61 Å². The summed E-state index contributed by atoms with van der Waals surface area (Å²) >= 11 is 0. The van der Waals surface area contributed by atoms with Crippen LogP contribution in [0.5, 0.6) is 0 Å². The fourth-order valence-electron chi connectivity index (χ4n) is 3.03. The molecule has 3 heteroatoms. The lowest BCUT2D eigenvalue weighted by molar-refractivity contribution is 0.176. The Morgan fingerprint density at radius 2 is 2.05 bits per heavy atom. The quantitative estimate of drug-likeness (QED) is 0.879. The zero-order valence-corrected chi connectivity index (χ0v) is 12.1. The summed E-state index contributed by atoms with van der Waals surface area (Å²) in [6.45, 7) is 8.80. The van der Waals surface area contributed by atoms with E-state index in [9.17, 15) is 4.39 Å². The molecule has 0 saturated carbocycles. The van der Waals surface area contributed by atoms with E-state index in [1.807, 2.05) is 13.8 Å². The summed E-state index contributed by atoms with van der Waals surface area (Å²) < 4.78 is 19.0. The van der Waals surface area contributed by atoms with Crippen molar-refractivity contribution in [3.63, 3.8) is 0 Å². The topological polar surface area (TPSA) is 21.3 Å². The molecule has 106 valence electrons. The lowest BCUT2D eigenvalue weighted by Crippen LogP contribution is -2.30. The van der Waals surface area contributed by atoms with Crippen LogP contribution in [0, 0.1) is 25.6 Å². The van der Waals surface area contributed by atoms with Crippen molar-refractivity contribution in [1.82, 2.24) is 5.32 Å². The highest BCUT2D eigenvalue weighted by atomic mass is 19.1. The molecule has 1 aliphatic rings. The van der Waals surface area contributed by atoms with Crippen LogP contribution < -0.4 is 5.32 Å². The van der Waals surface area contributed by atoms with Gasteiger partial charge in [-0.15, -0.1) is 0 Å². The molecule has 0 radical (unpaired) electrons. The lowest BCUT2D eigenvalue weighted by atomic mass is 9.86. The van der Waals surface area contributed by atoms with Crippen molar-refractivity contribution in [2.24, 2.45) is 5.92 Å². The monoisotopic (exact) mass is 265 g/mol. The van der Waals surface area contributed by atoms with Gasteiger partial charge in [-0.2, -0.15) is 0 Å². The van der Waals surface area contributed by atoms with Gasteiger partial charge in [0.2, 0.25) is 0 Å². The van der Waals surface area contributed by atoms with Crippen molar-refractivity contribution in [3.05, 3.63) is 34.6 Å². The first-order valence-electron chi connectivity index (χ1n) is 7.21. The van der Waals surface area contributed by atoms with Crippen LogP contribution in [0.3, 0.4) is 0 Å². The molecule has 1 aromatic rings. The number of aryl methyl sites for hydroxylation is 2. The summed E-state index contributed by atoms with van der Waals surface area (Å²) in [6.07, 6.45) is 2.18. The molecule has 0 aliphatic carbocycles. The Balaban J connectivity index is 2.31. The van der Waals surface area contributed by atoms with E-state index in [-0.39, 0.29) is 11.9 Å². The molecule has 1 aliphatic heterocycles. The van der Waals surface area contributed by atoms with Gasteiger partial charge >= 0.3 is 0 Å². The number of hydrogen-bond acceptors (Lipinski definition) is 2. The highest BCUT2D eigenvalue weighted by Crippen LogP contribution is 2.33. The van der Waals surface area contributed by atoms with Gasteiger partial charge in [-0.25, -0.2) is 4.39 Å². The maximum atomic E-state index is 13.5. The molecule has 1 fully saturated rings. The zero-order chi connectivity index (χ0) is 13.8. The Labute approximate surface area is 115 Å². The van der Waals surface area contributed by atoms with E-state index in [0.29, 0.717) is 5.92 Å². The third-order valence-corrected chi connectivity index (χ3v) is 3.92. The van der Waals surface area contributed by atoms with E-state index >= 15 is 0 Å². The van der Waals surface area contributed by atoms with Gasteiger partial charge in [-0.3, -0.25) is 0 Å². The molecule has 1 N–H and O–H groups in total. The Bertz CT molecular complexity index is 404. The highest BCUT2D eigenvalue weighted by molar-refractivity contribution is 5.37. The second-order valence-corrected chi connectivity index (χ2v) is 5.51. The van der Waals surface area contributed by atoms with E-state index in [1.165, 1.54) is 5.56 Å². The summed E-state index contributed by atoms with van der Waals surface area (Å²) in [4.78, 5) is 0. The van der Waals surface area contributed by atoms with Crippen LogP contribution in [0.15, 0.2) is 12.1 Å². The third kappa shape index (κ3) is 3.34. The van der Waals surface area contributed by atoms with Crippen LogP contribution >= 0.6 is 0 Å². The molecule has 2 rings (SSSR count). The average molecular weight is 265 g/mol. The number of ether oxygens (including phenoxy) is 1. The minimum absolute atomic E-state index is 0.143. The zero-order valence-electron chi connectivity index (χ0n) is 12.1. The second kappa shape index (κ2) is 6.49. The van der Waals surface area contributed by atoms with Crippen molar-refractivity contribution in [3.8, 4) is 0 Å². The van der Waals surface area contributed by atoms with Crippen molar-refractivity contribution < 1.29 is 9.13 Å². The standard InChI is InChI=1S/C16H24FNO/c1-4-6-18-16(13-5-7-19-10-13)15-11(2)8-14(17)9-12(15)3/h8-9,13,16,18H,4-7,10H2,1-3H3. The molecule has 0 spiro atoms. The summed E-state index contributed by atoms with van der Waals surface area (Å²) in [5.74, 6) is 0.352. The number of halogens is 1. The van der Waals surface area contributed by atoms with Gasteiger partial charge in [0, 0.05) is 18.6 Å². The van der Waals surface area contributed by atoms with E-state index < -0.39 is 0 Å². The molecule has 0 bridgehead atoms. The highest BCUT2D eigenvalue weighted by Gasteiger charge is 2.28. The van der Waals surface area contributed by atoms with E-state index in [1.54, 1.807) is 12.1 Å². The molecule has 19 heavy (non-hydrogen) atoms. The Hall–Kier alpha value is -0.930. The van der Waals surface area contributed by atoms with E-state index in [0.717, 1.165) is 43.7 Å². The first-order chi connectivity index (χ1) is 9.13. The first kappa shape index (κ1) is 14.5. The van der Waals surface area contributed by atoms with Crippen LogP contribution in [-0.2, 0) is 4.74 Å². The van der Waals surface area contributed by atoms with Crippen molar-refractivity contribution in [2.45, 2.75) is 39.7 Å². The Kier molecular flexibility index (Phi) is 4.94. The Morgan fingerprint density at radius 1 is 1.37 bits per heavy atom. The first-order valence-corrected chi connectivity index (χ1v) is 7.21. The van der Waals surface area contributed by atoms with Gasteiger partial charge < -0.3 is 10.1 Å². The number of nitrogens with one attached hydrogen (secondary N) is 1. The van der Waals surface area contributed by atoms with Gasteiger partial charge in [0.25, 0.3) is 0 Å². The van der Waals surface area contributed by atoms with E-state index in [2.05, 4.69) is 12.2 Å². The molecular weight excluding hydrogens is 241 g/mol. The lowest BCUT2D eigenvalue weighted by Gasteiger charge is -2.27. The fraction of sp³-hybridized carbons (Fsp3) is 0.625. The smallest absolute Gasteiger partial charge is 0.123 e. The summed E-state index contributed by atoms with van der Waals surface area (Å²) in [7, 11) is 0.